The van der Waals surface area contributed by atoms with E-state index in [9.17, 15) is 4.79 Å². The maximum absolute atomic E-state index is 11.8. The summed E-state index contributed by atoms with van der Waals surface area (Å²) in [6.07, 6.45) is 5.26. The molecule has 17 heavy (non-hydrogen) atoms. The van der Waals surface area contributed by atoms with Gasteiger partial charge in [-0.15, -0.1) is 0 Å². The molecule has 0 bridgehead atoms. The summed E-state index contributed by atoms with van der Waals surface area (Å²) in [6.45, 7) is 5.08. The van der Waals surface area contributed by atoms with Gasteiger partial charge in [-0.1, -0.05) is 0 Å². The van der Waals surface area contributed by atoms with E-state index in [2.05, 4.69) is 17.6 Å². The molecule has 0 spiro atoms. The highest BCUT2D eigenvalue weighted by Gasteiger charge is 2.23. The molecule has 2 aliphatic heterocycles. The van der Waals surface area contributed by atoms with Gasteiger partial charge < -0.3 is 15.4 Å². The van der Waals surface area contributed by atoms with Crippen LogP contribution in [0.1, 0.15) is 39.0 Å². The van der Waals surface area contributed by atoms with Crippen LogP contribution in [-0.2, 0) is 9.53 Å². The highest BCUT2D eigenvalue weighted by Crippen LogP contribution is 2.17. The fourth-order valence-electron chi connectivity index (χ4n) is 2.75. The molecule has 0 aliphatic carbocycles. The van der Waals surface area contributed by atoms with E-state index in [4.69, 9.17) is 4.74 Å². The first-order valence-electron chi connectivity index (χ1n) is 6.87. The lowest BCUT2D eigenvalue weighted by Gasteiger charge is -2.29. The van der Waals surface area contributed by atoms with Crippen molar-refractivity contribution in [2.45, 2.75) is 51.2 Å². The summed E-state index contributed by atoms with van der Waals surface area (Å²) in [5, 5.41) is 6.50. The number of carbonyl (C=O) groups is 1. The van der Waals surface area contributed by atoms with Crippen molar-refractivity contribution in [1.82, 2.24) is 10.6 Å². The van der Waals surface area contributed by atoms with E-state index in [1.165, 1.54) is 12.8 Å². The molecule has 2 N–H and O–H groups in total. The van der Waals surface area contributed by atoms with E-state index in [0.29, 0.717) is 12.3 Å². The minimum Gasteiger partial charge on any atom is -0.378 e. The lowest BCUT2D eigenvalue weighted by atomic mass is 9.92. The summed E-state index contributed by atoms with van der Waals surface area (Å²) in [6, 6.07) is 0.275. The van der Waals surface area contributed by atoms with Crippen molar-refractivity contribution in [3.63, 3.8) is 0 Å². The predicted molar refractivity (Wildman–Crippen MR) is 66.8 cm³/mol. The zero-order chi connectivity index (χ0) is 12.1. The van der Waals surface area contributed by atoms with Crippen LogP contribution < -0.4 is 10.6 Å². The highest BCUT2D eigenvalue weighted by atomic mass is 16.5. The van der Waals surface area contributed by atoms with Crippen LogP contribution in [-0.4, -0.2) is 37.7 Å². The molecule has 2 fully saturated rings. The monoisotopic (exact) mass is 240 g/mol. The van der Waals surface area contributed by atoms with E-state index in [0.717, 1.165) is 32.5 Å². The van der Waals surface area contributed by atoms with Gasteiger partial charge >= 0.3 is 0 Å². The van der Waals surface area contributed by atoms with Crippen molar-refractivity contribution in [3.05, 3.63) is 0 Å². The van der Waals surface area contributed by atoms with Crippen molar-refractivity contribution in [2.24, 2.45) is 5.92 Å². The molecule has 0 aromatic heterocycles. The van der Waals surface area contributed by atoms with Crippen molar-refractivity contribution >= 4 is 5.91 Å². The molecule has 0 saturated carbocycles. The van der Waals surface area contributed by atoms with Gasteiger partial charge in [0.05, 0.1) is 12.5 Å². The highest BCUT2D eigenvalue weighted by molar-refractivity contribution is 5.76. The Morgan fingerprint density at radius 3 is 3.00 bits per heavy atom. The molecule has 2 aliphatic rings. The quantitative estimate of drug-likeness (QED) is 0.772. The van der Waals surface area contributed by atoms with Gasteiger partial charge in [0.25, 0.3) is 0 Å². The molecule has 2 heterocycles. The average molecular weight is 240 g/mol. The Hall–Kier alpha value is -0.610. The zero-order valence-corrected chi connectivity index (χ0v) is 10.7. The van der Waals surface area contributed by atoms with Crippen LogP contribution >= 0.6 is 0 Å². The molecule has 2 saturated heterocycles. The predicted octanol–water partition coefficient (Wildman–Crippen LogP) is 1.06. The fraction of sp³-hybridized carbons (Fsp3) is 0.923. The van der Waals surface area contributed by atoms with Crippen LogP contribution in [0.4, 0.5) is 0 Å². The summed E-state index contributed by atoms with van der Waals surface area (Å²) in [5.74, 6) is 0.729. The molecule has 0 aromatic carbocycles. The Balaban J connectivity index is 1.69. The second-order valence-corrected chi connectivity index (χ2v) is 5.30. The molecule has 0 aromatic rings. The lowest BCUT2D eigenvalue weighted by molar-refractivity contribution is -0.124. The maximum Gasteiger partial charge on any atom is 0.222 e. The first-order valence-corrected chi connectivity index (χ1v) is 6.87. The molecule has 4 heteroatoms. The van der Waals surface area contributed by atoms with E-state index < -0.39 is 0 Å². The third-order valence-corrected chi connectivity index (χ3v) is 3.87. The molecule has 2 rings (SSSR count). The molecular formula is C13H24N2O2. The molecule has 98 valence electrons. The molecule has 0 radical (unpaired) electrons. The lowest BCUT2D eigenvalue weighted by Crippen LogP contribution is -2.45. The number of nitrogens with one attached hydrogen (secondary N) is 2. The zero-order valence-electron chi connectivity index (χ0n) is 10.7. The van der Waals surface area contributed by atoms with Crippen LogP contribution in [0.2, 0.25) is 0 Å². The van der Waals surface area contributed by atoms with Crippen LogP contribution in [0.25, 0.3) is 0 Å². The van der Waals surface area contributed by atoms with E-state index in [1.54, 1.807) is 0 Å². The van der Waals surface area contributed by atoms with Gasteiger partial charge in [-0.05, 0) is 51.6 Å². The van der Waals surface area contributed by atoms with E-state index >= 15 is 0 Å². The van der Waals surface area contributed by atoms with Gasteiger partial charge in [0, 0.05) is 12.6 Å². The topological polar surface area (TPSA) is 50.4 Å². The Labute approximate surface area is 103 Å². The van der Waals surface area contributed by atoms with Crippen LogP contribution in [0.5, 0.6) is 0 Å². The standard InChI is InChI=1S/C13H24N2O2/c1-10(11-4-2-6-14-9-11)15-13(16)8-12-5-3-7-17-12/h10-12,14H,2-9H2,1H3,(H,15,16). The Kier molecular flexibility index (Phi) is 4.80. The number of hydrogen-bond acceptors (Lipinski definition) is 3. The van der Waals surface area contributed by atoms with Crippen LogP contribution in [0, 0.1) is 5.92 Å². The van der Waals surface area contributed by atoms with Crippen molar-refractivity contribution in [3.8, 4) is 0 Å². The number of rotatable bonds is 4. The third-order valence-electron chi connectivity index (χ3n) is 3.87. The Morgan fingerprint density at radius 1 is 1.47 bits per heavy atom. The average Bonchev–Trinajstić information content (AvgIpc) is 2.82. The molecule has 3 unspecified atom stereocenters. The minimum absolute atomic E-state index is 0.148. The van der Waals surface area contributed by atoms with Gasteiger partial charge in [-0.2, -0.15) is 0 Å². The summed E-state index contributed by atoms with van der Waals surface area (Å²) >= 11 is 0. The number of amides is 1. The summed E-state index contributed by atoms with van der Waals surface area (Å²) in [7, 11) is 0. The first kappa shape index (κ1) is 12.8. The molecule has 3 atom stereocenters. The SMILES string of the molecule is CC(NC(=O)CC1CCCO1)C1CCCNC1. The second-order valence-electron chi connectivity index (χ2n) is 5.30. The van der Waals surface area contributed by atoms with Gasteiger partial charge in [-0.25, -0.2) is 0 Å². The minimum atomic E-state index is 0.148. The Morgan fingerprint density at radius 2 is 2.35 bits per heavy atom. The van der Waals surface area contributed by atoms with E-state index in [1.807, 2.05) is 0 Å². The normalized spacial score (nSPS) is 31.1. The molecule has 1 amide bonds. The summed E-state index contributed by atoms with van der Waals surface area (Å²) < 4.78 is 5.48. The number of ether oxygens (including phenoxy) is 1. The van der Waals surface area contributed by atoms with Gasteiger partial charge in [-0.3, -0.25) is 4.79 Å². The molecular weight excluding hydrogens is 216 g/mol. The van der Waals surface area contributed by atoms with Crippen molar-refractivity contribution < 1.29 is 9.53 Å². The van der Waals surface area contributed by atoms with E-state index in [-0.39, 0.29) is 18.1 Å². The van der Waals surface area contributed by atoms with Gasteiger partial charge in [0.1, 0.15) is 0 Å². The second kappa shape index (κ2) is 6.36. The molecule has 4 nitrogen and oxygen atoms in total. The first-order chi connectivity index (χ1) is 8.25. The van der Waals surface area contributed by atoms with Gasteiger partial charge in [0.15, 0.2) is 0 Å². The van der Waals surface area contributed by atoms with Crippen molar-refractivity contribution in [2.75, 3.05) is 19.7 Å². The van der Waals surface area contributed by atoms with Crippen LogP contribution in [0.3, 0.4) is 0 Å². The fourth-order valence-corrected chi connectivity index (χ4v) is 2.75. The van der Waals surface area contributed by atoms with Crippen molar-refractivity contribution in [1.29, 1.82) is 0 Å². The summed E-state index contributed by atoms with van der Waals surface area (Å²) in [4.78, 5) is 11.8. The largest absolute Gasteiger partial charge is 0.378 e. The third kappa shape index (κ3) is 3.96. The number of carbonyl (C=O) groups excluding carboxylic acids is 1. The summed E-state index contributed by atoms with van der Waals surface area (Å²) in [5.41, 5.74) is 0. The number of piperidine rings is 1. The smallest absolute Gasteiger partial charge is 0.222 e. The Bertz CT molecular complexity index is 246. The number of hydrogen-bond donors (Lipinski definition) is 2. The van der Waals surface area contributed by atoms with Gasteiger partial charge in [0.2, 0.25) is 5.91 Å². The van der Waals surface area contributed by atoms with Crippen LogP contribution in [0.15, 0.2) is 0 Å². The maximum atomic E-state index is 11.8.